The third kappa shape index (κ3) is 9.11. The van der Waals surface area contributed by atoms with Crippen molar-refractivity contribution in [3.8, 4) is 22.9 Å². The number of nitrogens with one attached hydrogen (secondary N) is 2. The van der Waals surface area contributed by atoms with Gasteiger partial charge in [-0.1, -0.05) is 36.8 Å². The number of piperidine rings is 1. The monoisotopic (exact) mass is 606 g/mol. The number of hydrogen-bond acceptors (Lipinski definition) is 8. The number of anilines is 2. The largest absolute Gasteiger partial charge is 0.435 e. The average molecular weight is 607 g/mol. The number of nitrogens with zero attached hydrogens (tertiary/aromatic N) is 3. The zero-order chi connectivity index (χ0) is 30.5. The van der Waals surface area contributed by atoms with Crippen molar-refractivity contribution >= 4 is 21.7 Å². The van der Waals surface area contributed by atoms with Crippen molar-refractivity contribution in [2.24, 2.45) is 0 Å². The van der Waals surface area contributed by atoms with Gasteiger partial charge in [0.2, 0.25) is 27.7 Å². The van der Waals surface area contributed by atoms with Crippen molar-refractivity contribution in [1.82, 2.24) is 20.3 Å². The molecule has 0 aliphatic carbocycles. The molecular weight excluding hydrogens is 576 g/mol. The molecule has 4 aromatic rings. The maximum absolute atomic E-state index is 14.8. The van der Waals surface area contributed by atoms with Gasteiger partial charge in [0, 0.05) is 18.5 Å². The Labute approximate surface area is 241 Å². The van der Waals surface area contributed by atoms with Crippen LogP contribution < -0.4 is 20.5 Å². The highest BCUT2D eigenvalue weighted by atomic mass is 32.2. The van der Waals surface area contributed by atoms with E-state index in [-0.39, 0.29) is 23.1 Å². The van der Waals surface area contributed by atoms with Crippen molar-refractivity contribution in [2.75, 3.05) is 30.7 Å². The molecule has 2 aromatic heterocycles. The summed E-state index contributed by atoms with van der Waals surface area (Å²) in [6, 6.07) is 13.0. The van der Waals surface area contributed by atoms with Crippen LogP contribution in [0.15, 0.2) is 67.0 Å². The molecule has 42 heavy (non-hydrogen) atoms. The first-order valence-corrected chi connectivity index (χ1v) is 14.4. The van der Waals surface area contributed by atoms with Crippen LogP contribution in [0.4, 0.5) is 29.2 Å². The van der Waals surface area contributed by atoms with Gasteiger partial charge < -0.3 is 15.8 Å². The lowest BCUT2D eigenvalue weighted by molar-refractivity contribution is 0.401. The van der Waals surface area contributed by atoms with Crippen LogP contribution >= 0.6 is 0 Å². The fraction of sp³-hybridized carbons (Fsp3) is 0.250. The molecule has 0 unspecified atom stereocenters. The van der Waals surface area contributed by atoms with Crippen LogP contribution in [-0.4, -0.2) is 43.6 Å². The Morgan fingerprint density at radius 3 is 2.26 bits per heavy atom. The number of nitrogen functional groups attached to an aromatic ring is 1. The van der Waals surface area contributed by atoms with E-state index in [1.54, 1.807) is 29.0 Å². The summed E-state index contributed by atoms with van der Waals surface area (Å²) < 4.78 is 85.4. The molecule has 2 aromatic carbocycles. The molecule has 224 valence electrons. The Bertz CT molecular complexity index is 1550. The second kappa shape index (κ2) is 15.6. The van der Waals surface area contributed by atoms with E-state index in [0.29, 0.717) is 18.8 Å². The van der Waals surface area contributed by atoms with Gasteiger partial charge in [0.25, 0.3) is 0 Å². The van der Waals surface area contributed by atoms with Gasteiger partial charge in [0.05, 0.1) is 24.2 Å². The summed E-state index contributed by atoms with van der Waals surface area (Å²) in [7, 11) is -3.74. The summed E-state index contributed by atoms with van der Waals surface area (Å²) >= 11 is 0. The van der Waals surface area contributed by atoms with E-state index in [1.807, 2.05) is 0 Å². The molecule has 0 amide bonds. The number of nitrogens with two attached hydrogens (primary N) is 1. The zero-order valence-electron chi connectivity index (χ0n) is 22.7. The summed E-state index contributed by atoms with van der Waals surface area (Å²) in [4.78, 5) is 11.8. The topological polar surface area (TPSA) is 132 Å². The Hall–Kier alpha value is -4.30. The number of sulfonamides is 1. The van der Waals surface area contributed by atoms with E-state index in [4.69, 9.17) is 10.5 Å². The second-order valence-electron chi connectivity index (χ2n) is 8.78. The second-order valence-corrected chi connectivity index (χ2v) is 10.5. The Morgan fingerprint density at radius 1 is 0.929 bits per heavy atom. The first kappa shape index (κ1) is 32.2. The van der Waals surface area contributed by atoms with Crippen molar-refractivity contribution in [1.29, 1.82) is 0 Å². The van der Waals surface area contributed by atoms with Crippen LogP contribution in [0.5, 0.6) is 11.6 Å². The summed E-state index contributed by atoms with van der Waals surface area (Å²) in [6.07, 6.45) is 6.91. The van der Waals surface area contributed by atoms with Crippen molar-refractivity contribution in [2.45, 2.75) is 25.0 Å². The highest BCUT2D eigenvalue weighted by molar-refractivity contribution is 7.91. The van der Waals surface area contributed by atoms with E-state index < -0.39 is 44.7 Å². The van der Waals surface area contributed by atoms with Gasteiger partial charge >= 0.3 is 0 Å². The summed E-state index contributed by atoms with van der Waals surface area (Å²) in [5.74, 6) is -6.42. The zero-order valence-corrected chi connectivity index (χ0v) is 23.5. The van der Waals surface area contributed by atoms with E-state index in [2.05, 4.69) is 20.3 Å². The molecule has 9 nitrogen and oxygen atoms in total. The van der Waals surface area contributed by atoms with Crippen LogP contribution in [0.3, 0.4) is 0 Å². The molecule has 1 fully saturated rings. The molecule has 1 saturated heterocycles. The Kier molecular flexibility index (Phi) is 12.0. The Balaban J connectivity index is 0.000000530. The summed E-state index contributed by atoms with van der Waals surface area (Å²) in [6.45, 7) is 2.50. The van der Waals surface area contributed by atoms with Gasteiger partial charge in [-0.05, 0) is 49.7 Å². The molecule has 0 saturated carbocycles. The van der Waals surface area contributed by atoms with Crippen molar-refractivity contribution in [3.05, 3.63) is 90.0 Å². The quantitative estimate of drug-likeness (QED) is 0.183. The van der Waals surface area contributed by atoms with Crippen LogP contribution in [0.2, 0.25) is 0 Å². The highest BCUT2D eigenvalue weighted by Crippen LogP contribution is 2.35. The fourth-order valence-electron chi connectivity index (χ4n) is 3.82. The third-order valence-electron chi connectivity index (χ3n) is 5.72. The molecule has 0 bridgehead atoms. The Morgan fingerprint density at radius 2 is 1.64 bits per heavy atom. The standard InChI is InChI=1S/C22H16F3N5O3S.C5H11N.CH3F/c23-15-11-17(33-21-14(7-4-9-27-21)16-8-10-28-22(26)29-16)18(24)19(25)20(15)30-34(31,32)12-13-5-2-1-3-6-13;1-2-4-6-5-3-1;1-2/h1-11,30H,12H2,(H2,26,28,29);6H,1-5H2;1H3. The lowest BCUT2D eigenvalue weighted by atomic mass is 10.2. The SMILES string of the molecule is C1CCNCC1.CF.Nc1nccc(-c2cccnc2Oc2cc(F)c(NS(=O)(=O)Cc3ccccc3)c(F)c2F)n1. The minimum atomic E-state index is -4.24. The highest BCUT2D eigenvalue weighted by Gasteiger charge is 2.25. The van der Waals surface area contributed by atoms with Crippen LogP contribution in [0, 0.1) is 17.5 Å². The maximum atomic E-state index is 14.8. The van der Waals surface area contributed by atoms with Gasteiger partial charge in [-0.2, -0.15) is 4.39 Å². The average Bonchev–Trinajstić information content (AvgIpc) is 3.01. The third-order valence-corrected chi connectivity index (χ3v) is 6.95. The molecule has 14 heteroatoms. The minimum Gasteiger partial charge on any atom is -0.435 e. The van der Waals surface area contributed by atoms with Crippen LogP contribution in [0.1, 0.15) is 24.8 Å². The number of aromatic nitrogens is 3. The van der Waals surface area contributed by atoms with Crippen LogP contribution in [-0.2, 0) is 15.8 Å². The summed E-state index contributed by atoms with van der Waals surface area (Å²) in [5, 5.41) is 3.28. The van der Waals surface area contributed by atoms with E-state index in [0.717, 1.165) is 0 Å². The molecule has 3 heterocycles. The molecule has 0 spiro atoms. The van der Waals surface area contributed by atoms with Gasteiger partial charge in [-0.3, -0.25) is 9.11 Å². The van der Waals surface area contributed by atoms with Gasteiger partial charge in [0.1, 0.15) is 5.69 Å². The van der Waals surface area contributed by atoms with E-state index >= 15 is 0 Å². The van der Waals surface area contributed by atoms with Gasteiger partial charge in [-0.25, -0.2) is 32.2 Å². The number of ether oxygens (including phenoxy) is 1. The summed E-state index contributed by atoms with van der Waals surface area (Å²) in [5.41, 5.74) is 5.33. The minimum absolute atomic E-state index is 0.0392. The molecule has 0 radical (unpaired) electrons. The van der Waals surface area contributed by atoms with Crippen LogP contribution in [0.25, 0.3) is 11.3 Å². The molecule has 1 aliphatic rings. The first-order chi connectivity index (χ1) is 20.2. The number of alkyl halides is 1. The maximum Gasteiger partial charge on any atom is 0.237 e. The molecule has 4 N–H and O–H groups in total. The van der Waals surface area contributed by atoms with E-state index in [1.165, 1.54) is 69.0 Å². The molecule has 5 rings (SSSR count). The van der Waals surface area contributed by atoms with Gasteiger partial charge in [0.15, 0.2) is 17.4 Å². The smallest absolute Gasteiger partial charge is 0.237 e. The number of benzene rings is 2. The number of hydrogen-bond donors (Lipinski definition) is 3. The van der Waals surface area contributed by atoms with E-state index in [9.17, 15) is 26.0 Å². The lowest BCUT2D eigenvalue weighted by Gasteiger charge is -2.14. The van der Waals surface area contributed by atoms with Crippen molar-refractivity contribution in [3.63, 3.8) is 0 Å². The predicted octanol–water partition coefficient (Wildman–Crippen LogP) is 5.62. The van der Waals surface area contributed by atoms with Gasteiger partial charge in [-0.15, -0.1) is 0 Å². The number of pyridine rings is 1. The van der Waals surface area contributed by atoms with Crippen molar-refractivity contribution < 1.29 is 30.7 Å². The predicted molar refractivity (Wildman–Crippen MR) is 153 cm³/mol. The first-order valence-electron chi connectivity index (χ1n) is 12.8. The molecule has 0 atom stereocenters. The lowest BCUT2D eigenvalue weighted by Crippen LogP contribution is -2.21. The fourth-order valence-corrected chi connectivity index (χ4v) is 5.02. The number of rotatable bonds is 7. The number of halogens is 4. The molecule has 1 aliphatic heterocycles. The molecular formula is C28H30F4N6O3S. The normalized spacial score (nSPS) is 12.7.